The molecule has 2 atom stereocenters. The monoisotopic (exact) mass is 438 g/mol. The third kappa shape index (κ3) is 9.35. The highest BCUT2D eigenvalue weighted by Gasteiger charge is 2.60. The van der Waals surface area contributed by atoms with Crippen molar-refractivity contribution in [2.45, 2.75) is 78.1 Å². The molecule has 0 spiro atoms. The predicted octanol–water partition coefficient (Wildman–Crippen LogP) is 3.96. The normalized spacial score (nSPS) is 15.1. The van der Waals surface area contributed by atoms with Crippen LogP contribution in [0.15, 0.2) is 0 Å². The molecule has 0 aromatic rings. The number of rotatable bonds is 8. The van der Waals surface area contributed by atoms with Crippen LogP contribution < -0.4 is 0 Å². The van der Waals surface area contributed by atoms with E-state index >= 15 is 0 Å². The molecule has 29 heavy (non-hydrogen) atoms. The number of hydrogen-bond donors (Lipinski definition) is 0. The van der Waals surface area contributed by atoms with Gasteiger partial charge in [0, 0.05) is 13.3 Å². The minimum Gasteiger partial charge on any atom is -0.463 e. The summed E-state index contributed by atoms with van der Waals surface area (Å²) in [5.41, 5.74) is -1.37. The molecule has 6 nitrogen and oxygen atoms in total. The van der Waals surface area contributed by atoms with E-state index < -0.39 is 66.3 Å². The Bertz CT molecular complexity index is 582. The van der Waals surface area contributed by atoms with E-state index in [1.807, 2.05) is 0 Å². The van der Waals surface area contributed by atoms with Gasteiger partial charge in [0.05, 0.1) is 17.9 Å². The Balaban J connectivity index is 5.72. The first kappa shape index (κ1) is 27.0. The van der Waals surface area contributed by atoms with Crippen molar-refractivity contribution in [1.29, 1.82) is 0 Å². The quantitative estimate of drug-likeness (QED) is 0.324. The van der Waals surface area contributed by atoms with E-state index in [0.29, 0.717) is 0 Å². The van der Waals surface area contributed by atoms with Crippen LogP contribution >= 0.6 is 0 Å². The topological polar surface area (TPSA) is 78.9 Å². The lowest BCUT2D eigenvalue weighted by molar-refractivity contribution is -0.314. The van der Waals surface area contributed by atoms with Crippen LogP contribution in [-0.4, -0.2) is 48.1 Å². The van der Waals surface area contributed by atoms with Gasteiger partial charge in [0.2, 0.25) is 0 Å². The summed E-state index contributed by atoms with van der Waals surface area (Å²) in [5, 5.41) is 0. The number of esters is 3. The van der Waals surface area contributed by atoms with Crippen LogP contribution in [0.2, 0.25) is 0 Å². The molecule has 0 aliphatic carbocycles. The smallest absolute Gasteiger partial charge is 0.434 e. The SMILES string of the molecule is CC(=O)OC(C)(C)CC(C(=O)OC(C)C)C(C)C(=O)OC(C(F)(F)F)C(F)(F)F. The van der Waals surface area contributed by atoms with Gasteiger partial charge in [-0.1, -0.05) is 6.92 Å². The fourth-order valence-corrected chi connectivity index (χ4v) is 2.45. The molecule has 12 heteroatoms. The summed E-state index contributed by atoms with van der Waals surface area (Å²) in [6, 6.07) is 0. The molecule has 0 radical (unpaired) electrons. The summed E-state index contributed by atoms with van der Waals surface area (Å²) < 4.78 is 89.4. The maximum atomic E-state index is 12.6. The number of ether oxygens (including phenoxy) is 3. The Labute approximate surface area is 163 Å². The van der Waals surface area contributed by atoms with Gasteiger partial charge >= 0.3 is 30.3 Å². The Hall–Kier alpha value is -2.01. The zero-order chi connectivity index (χ0) is 23.4. The van der Waals surface area contributed by atoms with Crippen LogP contribution in [0.4, 0.5) is 26.3 Å². The van der Waals surface area contributed by atoms with Crippen molar-refractivity contribution in [2.75, 3.05) is 0 Å². The number of carbonyl (C=O) groups is 3. The number of carbonyl (C=O) groups excluding carboxylic acids is 3. The van der Waals surface area contributed by atoms with E-state index in [4.69, 9.17) is 9.47 Å². The van der Waals surface area contributed by atoms with Crippen molar-refractivity contribution in [2.24, 2.45) is 11.8 Å². The van der Waals surface area contributed by atoms with Crippen molar-refractivity contribution in [1.82, 2.24) is 0 Å². The van der Waals surface area contributed by atoms with Crippen LogP contribution in [0.1, 0.15) is 48.0 Å². The first-order chi connectivity index (χ1) is 12.8. The third-order valence-corrected chi connectivity index (χ3v) is 3.59. The zero-order valence-electron chi connectivity index (χ0n) is 16.7. The van der Waals surface area contributed by atoms with Crippen LogP contribution in [0.5, 0.6) is 0 Å². The molecule has 0 saturated carbocycles. The number of alkyl halides is 6. The van der Waals surface area contributed by atoms with Crippen molar-refractivity contribution < 1.29 is 54.9 Å². The molecular formula is C17H24F6O6. The van der Waals surface area contributed by atoms with E-state index in [1.165, 1.54) is 27.7 Å². The van der Waals surface area contributed by atoms with Crippen molar-refractivity contribution in [3.8, 4) is 0 Å². The van der Waals surface area contributed by atoms with Gasteiger partial charge in [-0.15, -0.1) is 0 Å². The molecule has 0 heterocycles. The highest BCUT2D eigenvalue weighted by atomic mass is 19.4. The summed E-state index contributed by atoms with van der Waals surface area (Å²) >= 11 is 0. The van der Waals surface area contributed by atoms with Gasteiger partial charge in [0.15, 0.2) is 0 Å². The zero-order valence-corrected chi connectivity index (χ0v) is 16.7. The van der Waals surface area contributed by atoms with Gasteiger partial charge in [-0.2, -0.15) is 26.3 Å². The lowest BCUT2D eigenvalue weighted by atomic mass is 9.84. The van der Waals surface area contributed by atoms with Gasteiger partial charge in [0.25, 0.3) is 6.10 Å². The van der Waals surface area contributed by atoms with E-state index in [2.05, 4.69) is 4.74 Å². The molecule has 0 N–H and O–H groups in total. The molecule has 0 saturated heterocycles. The largest absolute Gasteiger partial charge is 0.463 e. The Kier molecular flexibility index (Phi) is 8.99. The molecule has 0 aliphatic heterocycles. The van der Waals surface area contributed by atoms with Gasteiger partial charge in [-0.05, 0) is 27.7 Å². The maximum Gasteiger partial charge on any atom is 0.434 e. The highest BCUT2D eigenvalue weighted by Crippen LogP contribution is 2.37. The Morgan fingerprint density at radius 2 is 1.28 bits per heavy atom. The van der Waals surface area contributed by atoms with Crippen LogP contribution in [0.25, 0.3) is 0 Å². The lowest BCUT2D eigenvalue weighted by Crippen LogP contribution is -2.47. The van der Waals surface area contributed by atoms with Crippen molar-refractivity contribution in [3.63, 3.8) is 0 Å². The molecule has 0 aromatic carbocycles. The van der Waals surface area contributed by atoms with E-state index in [9.17, 15) is 40.7 Å². The predicted molar refractivity (Wildman–Crippen MR) is 86.3 cm³/mol. The molecular weight excluding hydrogens is 414 g/mol. The first-order valence-electron chi connectivity index (χ1n) is 8.52. The lowest BCUT2D eigenvalue weighted by Gasteiger charge is -2.32. The standard InChI is InChI=1S/C17H24F6O6/c1-8(2)27-13(26)11(7-15(5,6)29-10(4)24)9(3)12(25)28-14(16(18,19)20)17(21,22)23/h8-9,11,14H,7H2,1-6H3. The Morgan fingerprint density at radius 3 is 1.62 bits per heavy atom. The van der Waals surface area contributed by atoms with Gasteiger partial charge < -0.3 is 14.2 Å². The molecule has 170 valence electrons. The molecule has 0 amide bonds. The molecule has 0 aliphatic rings. The fourth-order valence-electron chi connectivity index (χ4n) is 2.45. The highest BCUT2D eigenvalue weighted by molar-refractivity contribution is 5.82. The fraction of sp³-hybridized carbons (Fsp3) is 0.824. The van der Waals surface area contributed by atoms with E-state index in [1.54, 1.807) is 0 Å². The molecule has 0 fully saturated rings. The average molecular weight is 438 g/mol. The van der Waals surface area contributed by atoms with Gasteiger partial charge in [0.1, 0.15) is 5.60 Å². The summed E-state index contributed by atoms with van der Waals surface area (Å²) in [5.74, 6) is -6.96. The van der Waals surface area contributed by atoms with Crippen LogP contribution in [0, 0.1) is 11.8 Å². The van der Waals surface area contributed by atoms with Gasteiger partial charge in [-0.3, -0.25) is 14.4 Å². The summed E-state index contributed by atoms with van der Waals surface area (Å²) in [4.78, 5) is 35.6. The summed E-state index contributed by atoms with van der Waals surface area (Å²) in [6.45, 7) is 7.63. The van der Waals surface area contributed by atoms with Crippen LogP contribution in [-0.2, 0) is 28.6 Å². The van der Waals surface area contributed by atoms with Gasteiger partial charge in [-0.25, -0.2) is 0 Å². The number of halogens is 6. The summed E-state index contributed by atoms with van der Waals surface area (Å²) in [7, 11) is 0. The second kappa shape index (κ2) is 9.66. The molecule has 2 unspecified atom stereocenters. The van der Waals surface area contributed by atoms with Crippen molar-refractivity contribution in [3.05, 3.63) is 0 Å². The van der Waals surface area contributed by atoms with Crippen molar-refractivity contribution >= 4 is 17.9 Å². The minimum absolute atomic E-state index is 0.406. The molecule has 0 bridgehead atoms. The second-order valence-electron chi connectivity index (χ2n) is 7.34. The maximum absolute atomic E-state index is 12.6. The van der Waals surface area contributed by atoms with E-state index in [-0.39, 0.29) is 0 Å². The number of hydrogen-bond acceptors (Lipinski definition) is 6. The minimum atomic E-state index is -5.89. The average Bonchev–Trinajstić information content (AvgIpc) is 2.44. The summed E-state index contributed by atoms with van der Waals surface area (Å²) in [6.07, 6.45) is -17.2. The third-order valence-electron chi connectivity index (χ3n) is 3.59. The first-order valence-corrected chi connectivity index (χ1v) is 8.52. The molecule has 0 rings (SSSR count). The Morgan fingerprint density at radius 1 is 0.828 bits per heavy atom. The molecule has 0 aromatic heterocycles. The van der Waals surface area contributed by atoms with Crippen LogP contribution in [0.3, 0.4) is 0 Å². The second-order valence-corrected chi connectivity index (χ2v) is 7.34. The van der Waals surface area contributed by atoms with E-state index in [0.717, 1.165) is 13.8 Å².